The monoisotopic (exact) mass is 358 g/mol. The number of rotatable bonds is 4. The van der Waals surface area contributed by atoms with Crippen LogP contribution in [0.4, 0.5) is 4.39 Å². The van der Waals surface area contributed by atoms with Crippen molar-refractivity contribution >= 4 is 33.5 Å². The van der Waals surface area contributed by atoms with Gasteiger partial charge in [0, 0.05) is 15.1 Å². The van der Waals surface area contributed by atoms with Gasteiger partial charge in [0.1, 0.15) is 23.7 Å². The SMILES string of the molecule is O=C(O)c1cc(Cl)ccc1OCc1cc(F)ccc1Br. The van der Waals surface area contributed by atoms with E-state index in [1.54, 1.807) is 6.07 Å². The lowest BCUT2D eigenvalue weighted by Crippen LogP contribution is -2.04. The van der Waals surface area contributed by atoms with E-state index in [1.807, 2.05) is 0 Å². The summed E-state index contributed by atoms with van der Waals surface area (Å²) in [5, 5.41) is 9.39. The van der Waals surface area contributed by atoms with Crippen molar-refractivity contribution in [3.63, 3.8) is 0 Å². The lowest BCUT2D eigenvalue weighted by atomic mass is 10.2. The van der Waals surface area contributed by atoms with Crippen LogP contribution in [0.1, 0.15) is 15.9 Å². The Balaban J connectivity index is 2.23. The summed E-state index contributed by atoms with van der Waals surface area (Å²) in [6, 6.07) is 8.51. The zero-order chi connectivity index (χ0) is 14.7. The smallest absolute Gasteiger partial charge is 0.339 e. The van der Waals surface area contributed by atoms with Crippen molar-refractivity contribution in [2.45, 2.75) is 6.61 Å². The van der Waals surface area contributed by atoms with Crippen LogP contribution < -0.4 is 4.74 Å². The molecule has 104 valence electrons. The van der Waals surface area contributed by atoms with Crippen LogP contribution in [-0.4, -0.2) is 11.1 Å². The zero-order valence-corrected chi connectivity index (χ0v) is 12.4. The fourth-order valence-corrected chi connectivity index (χ4v) is 2.14. The van der Waals surface area contributed by atoms with E-state index in [1.165, 1.54) is 30.3 Å². The molecular formula is C14H9BrClFO3. The van der Waals surface area contributed by atoms with Gasteiger partial charge in [-0.15, -0.1) is 0 Å². The lowest BCUT2D eigenvalue weighted by molar-refractivity contribution is 0.0691. The summed E-state index contributed by atoms with van der Waals surface area (Å²) in [6.45, 7) is 0.0419. The average Bonchev–Trinajstić information content (AvgIpc) is 2.40. The number of carbonyl (C=O) groups is 1. The molecule has 3 nitrogen and oxygen atoms in total. The van der Waals surface area contributed by atoms with Gasteiger partial charge in [-0.3, -0.25) is 0 Å². The number of ether oxygens (including phenoxy) is 1. The first-order valence-corrected chi connectivity index (χ1v) is 6.74. The zero-order valence-electron chi connectivity index (χ0n) is 10.1. The van der Waals surface area contributed by atoms with Crippen LogP contribution in [0.5, 0.6) is 5.75 Å². The molecule has 0 bridgehead atoms. The molecule has 1 N–H and O–H groups in total. The Morgan fingerprint density at radius 3 is 2.75 bits per heavy atom. The number of hydrogen-bond donors (Lipinski definition) is 1. The number of aromatic carboxylic acids is 1. The Hall–Kier alpha value is -1.59. The Morgan fingerprint density at radius 2 is 2.05 bits per heavy atom. The maximum Gasteiger partial charge on any atom is 0.339 e. The third-order valence-electron chi connectivity index (χ3n) is 2.56. The minimum absolute atomic E-state index is 0.0370. The van der Waals surface area contributed by atoms with Gasteiger partial charge in [-0.1, -0.05) is 27.5 Å². The standard InChI is InChI=1S/C14H9BrClFO3/c15-12-3-2-10(17)5-8(12)7-20-13-4-1-9(16)6-11(13)14(18)19/h1-6H,7H2,(H,18,19). The van der Waals surface area contributed by atoms with Crippen molar-refractivity contribution in [2.24, 2.45) is 0 Å². The molecule has 6 heteroatoms. The van der Waals surface area contributed by atoms with Crippen LogP contribution in [0.3, 0.4) is 0 Å². The van der Waals surface area contributed by atoms with Crippen LogP contribution in [-0.2, 0) is 6.61 Å². The minimum Gasteiger partial charge on any atom is -0.488 e. The van der Waals surface area contributed by atoms with Crippen LogP contribution in [0.2, 0.25) is 5.02 Å². The first-order valence-electron chi connectivity index (χ1n) is 5.57. The van der Waals surface area contributed by atoms with Crippen molar-refractivity contribution in [3.05, 3.63) is 62.8 Å². The van der Waals surface area contributed by atoms with E-state index in [0.29, 0.717) is 15.1 Å². The van der Waals surface area contributed by atoms with Crippen LogP contribution >= 0.6 is 27.5 Å². The van der Waals surface area contributed by atoms with Crippen molar-refractivity contribution in [1.29, 1.82) is 0 Å². The minimum atomic E-state index is -1.14. The molecule has 0 heterocycles. The van der Waals surface area contributed by atoms with Gasteiger partial charge in [-0.05, 0) is 36.4 Å². The molecular weight excluding hydrogens is 351 g/mol. The van der Waals surface area contributed by atoms with Crippen LogP contribution in [0, 0.1) is 5.82 Å². The van der Waals surface area contributed by atoms with Crippen molar-refractivity contribution in [2.75, 3.05) is 0 Å². The first kappa shape index (κ1) is 14.8. The summed E-state index contributed by atoms with van der Waals surface area (Å²) in [7, 11) is 0. The van der Waals surface area contributed by atoms with E-state index in [4.69, 9.17) is 21.4 Å². The second-order valence-electron chi connectivity index (χ2n) is 3.97. The van der Waals surface area contributed by atoms with Gasteiger partial charge >= 0.3 is 5.97 Å². The molecule has 2 aromatic carbocycles. The molecule has 0 aromatic heterocycles. The third-order valence-corrected chi connectivity index (χ3v) is 3.57. The van der Waals surface area contributed by atoms with E-state index in [-0.39, 0.29) is 23.7 Å². The molecule has 0 saturated carbocycles. The summed E-state index contributed by atoms with van der Waals surface area (Å²) in [5.74, 6) is -1.35. The Labute approximate surface area is 128 Å². The van der Waals surface area contributed by atoms with E-state index in [0.717, 1.165) is 0 Å². The molecule has 0 radical (unpaired) electrons. The van der Waals surface area contributed by atoms with Crippen LogP contribution in [0.15, 0.2) is 40.9 Å². The number of carboxylic acid groups (broad SMARTS) is 1. The number of benzene rings is 2. The Kier molecular flexibility index (Phi) is 4.62. The van der Waals surface area contributed by atoms with Crippen molar-refractivity contribution in [1.82, 2.24) is 0 Å². The first-order chi connectivity index (χ1) is 9.47. The summed E-state index contributed by atoms with van der Waals surface area (Å²) in [4.78, 5) is 11.1. The predicted molar refractivity (Wildman–Crippen MR) is 76.8 cm³/mol. The normalized spacial score (nSPS) is 10.3. The highest BCUT2D eigenvalue weighted by molar-refractivity contribution is 9.10. The average molecular weight is 360 g/mol. The molecule has 0 fully saturated rings. The summed E-state index contributed by atoms with van der Waals surface area (Å²) in [6.07, 6.45) is 0. The highest BCUT2D eigenvalue weighted by atomic mass is 79.9. The third kappa shape index (κ3) is 3.49. The van der Waals surface area contributed by atoms with Gasteiger partial charge in [0.25, 0.3) is 0 Å². The molecule has 0 atom stereocenters. The molecule has 0 aliphatic rings. The quantitative estimate of drug-likeness (QED) is 0.873. The van der Waals surface area contributed by atoms with Crippen LogP contribution in [0.25, 0.3) is 0 Å². The molecule has 0 amide bonds. The Bertz CT molecular complexity index is 661. The van der Waals surface area contributed by atoms with Gasteiger partial charge in [-0.2, -0.15) is 0 Å². The molecule has 20 heavy (non-hydrogen) atoms. The maximum atomic E-state index is 13.1. The highest BCUT2D eigenvalue weighted by Gasteiger charge is 2.13. The van der Waals surface area contributed by atoms with E-state index < -0.39 is 5.97 Å². The van der Waals surface area contributed by atoms with Gasteiger partial charge in [0.2, 0.25) is 0 Å². The molecule has 0 aliphatic heterocycles. The molecule has 0 unspecified atom stereocenters. The summed E-state index contributed by atoms with van der Waals surface area (Å²) >= 11 is 9.03. The summed E-state index contributed by atoms with van der Waals surface area (Å²) in [5.41, 5.74) is 0.543. The fraction of sp³-hybridized carbons (Fsp3) is 0.0714. The van der Waals surface area contributed by atoms with Gasteiger partial charge in [0.05, 0.1) is 0 Å². The largest absolute Gasteiger partial charge is 0.488 e. The number of hydrogen-bond acceptors (Lipinski definition) is 2. The number of carboxylic acids is 1. The van der Waals surface area contributed by atoms with Gasteiger partial charge < -0.3 is 9.84 Å². The summed E-state index contributed by atoms with van der Waals surface area (Å²) < 4.78 is 19.3. The maximum absolute atomic E-state index is 13.1. The lowest BCUT2D eigenvalue weighted by Gasteiger charge is -2.10. The predicted octanol–water partition coefficient (Wildman–Crippen LogP) is 4.52. The second kappa shape index (κ2) is 6.24. The van der Waals surface area contributed by atoms with E-state index in [9.17, 15) is 9.18 Å². The fourth-order valence-electron chi connectivity index (χ4n) is 1.60. The molecule has 2 rings (SSSR count). The van der Waals surface area contributed by atoms with Gasteiger partial charge in [-0.25, -0.2) is 9.18 Å². The van der Waals surface area contributed by atoms with E-state index >= 15 is 0 Å². The number of halogens is 3. The van der Waals surface area contributed by atoms with Gasteiger partial charge in [0.15, 0.2) is 0 Å². The molecule has 2 aromatic rings. The second-order valence-corrected chi connectivity index (χ2v) is 5.26. The topological polar surface area (TPSA) is 46.5 Å². The van der Waals surface area contributed by atoms with Crippen molar-refractivity contribution in [3.8, 4) is 5.75 Å². The molecule has 0 saturated heterocycles. The Morgan fingerprint density at radius 1 is 1.30 bits per heavy atom. The van der Waals surface area contributed by atoms with Crippen molar-refractivity contribution < 1.29 is 19.0 Å². The van der Waals surface area contributed by atoms with E-state index in [2.05, 4.69) is 15.9 Å². The molecule has 0 spiro atoms. The molecule has 0 aliphatic carbocycles. The highest BCUT2D eigenvalue weighted by Crippen LogP contribution is 2.25.